The molecule has 0 radical (unpaired) electrons. The number of nitrogens with two attached hydrogens (primary N) is 1. The molecule has 0 spiro atoms. The van der Waals surface area contributed by atoms with Crippen molar-refractivity contribution >= 4 is 20.8 Å². The van der Waals surface area contributed by atoms with Crippen LogP contribution in [0.4, 0.5) is 0 Å². The zero-order valence-corrected chi connectivity index (χ0v) is 11.3. The molecular formula is C14H16N2O2S. The van der Waals surface area contributed by atoms with Gasteiger partial charge in [-0.05, 0) is 24.3 Å². The van der Waals surface area contributed by atoms with Crippen LogP contribution in [-0.2, 0) is 10.0 Å². The van der Waals surface area contributed by atoms with Crippen LogP contribution in [0.2, 0.25) is 0 Å². The van der Waals surface area contributed by atoms with E-state index in [0.29, 0.717) is 11.4 Å². The summed E-state index contributed by atoms with van der Waals surface area (Å²) in [4.78, 5) is 0.350. The Balaban J connectivity index is 2.19. The van der Waals surface area contributed by atoms with Gasteiger partial charge in [-0.15, -0.1) is 0 Å². The summed E-state index contributed by atoms with van der Waals surface area (Å²) in [6.07, 6.45) is 1.15. The monoisotopic (exact) mass is 276 g/mol. The fourth-order valence-corrected chi connectivity index (χ4v) is 4.41. The summed E-state index contributed by atoms with van der Waals surface area (Å²) in [6, 6.07) is 12.9. The van der Waals surface area contributed by atoms with Gasteiger partial charge in [0.25, 0.3) is 0 Å². The lowest BCUT2D eigenvalue weighted by Gasteiger charge is -2.21. The second kappa shape index (κ2) is 4.59. The average molecular weight is 276 g/mol. The lowest BCUT2D eigenvalue weighted by Crippen LogP contribution is -2.40. The zero-order valence-electron chi connectivity index (χ0n) is 10.5. The van der Waals surface area contributed by atoms with E-state index in [2.05, 4.69) is 0 Å². The van der Waals surface area contributed by atoms with Crippen LogP contribution in [0.15, 0.2) is 47.4 Å². The molecule has 100 valence electrons. The highest BCUT2D eigenvalue weighted by Gasteiger charge is 2.33. The highest BCUT2D eigenvalue weighted by molar-refractivity contribution is 7.89. The highest BCUT2D eigenvalue weighted by atomic mass is 32.2. The molecule has 0 aromatic heterocycles. The summed E-state index contributed by atoms with van der Waals surface area (Å²) in [5.41, 5.74) is 5.89. The third-order valence-corrected chi connectivity index (χ3v) is 5.57. The molecule has 4 nitrogen and oxygen atoms in total. The number of hydrogen-bond donors (Lipinski definition) is 1. The Hall–Kier alpha value is -1.43. The first kappa shape index (κ1) is 12.6. The van der Waals surface area contributed by atoms with Crippen molar-refractivity contribution in [3.8, 4) is 0 Å². The fourth-order valence-electron chi connectivity index (χ4n) is 2.61. The van der Waals surface area contributed by atoms with Gasteiger partial charge in [-0.2, -0.15) is 4.31 Å². The molecule has 1 aliphatic rings. The molecule has 1 aliphatic heterocycles. The molecule has 0 amide bonds. The molecule has 19 heavy (non-hydrogen) atoms. The van der Waals surface area contributed by atoms with Crippen molar-refractivity contribution in [3.63, 3.8) is 0 Å². The lowest BCUT2D eigenvalue weighted by atomic mass is 10.1. The first-order chi connectivity index (χ1) is 9.10. The van der Waals surface area contributed by atoms with Gasteiger partial charge in [-0.25, -0.2) is 8.42 Å². The molecule has 3 rings (SSSR count). The molecule has 1 fully saturated rings. The van der Waals surface area contributed by atoms with Gasteiger partial charge >= 0.3 is 0 Å². The van der Waals surface area contributed by atoms with E-state index in [9.17, 15) is 8.42 Å². The third kappa shape index (κ3) is 2.04. The van der Waals surface area contributed by atoms with Crippen LogP contribution in [0.3, 0.4) is 0 Å². The van der Waals surface area contributed by atoms with Crippen molar-refractivity contribution in [2.75, 3.05) is 6.54 Å². The van der Waals surface area contributed by atoms with Gasteiger partial charge in [0, 0.05) is 11.9 Å². The van der Waals surface area contributed by atoms with Crippen molar-refractivity contribution < 1.29 is 8.42 Å². The van der Waals surface area contributed by atoms with Crippen molar-refractivity contribution in [1.82, 2.24) is 4.31 Å². The molecule has 2 aromatic carbocycles. The van der Waals surface area contributed by atoms with Crippen molar-refractivity contribution in [2.45, 2.75) is 23.9 Å². The fraction of sp³-hybridized carbons (Fsp3) is 0.286. The number of benzene rings is 2. The van der Waals surface area contributed by atoms with Gasteiger partial charge in [-0.1, -0.05) is 36.4 Å². The second-order valence-corrected chi connectivity index (χ2v) is 6.66. The van der Waals surface area contributed by atoms with Gasteiger partial charge in [0.05, 0.1) is 11.1 Å². The highest BCUT2D eigenvalue weighted by Crippen LogP contribution is 2.28. The molecule has 0 bridgehead atoms. The maximum Gasteiger partial charge on any atom is 0.245 e. The molecule has 1 saturated heterocycles. The first-order valence-electron chi connectivity index (χ1n) is 6.36. The van der Waals surface area contributed by atoms with E-state index in [1.807, 2.05) is 30.3 Å². The quantitative estimate of drug-likeness (QED) is 0.911. The average Bonchev–Trinajstić information content (AvgIpc) is 2.85. The van der Waals surface area contributed by atoms with Crippen molar-refractivity contribution in [3.05, 3.63) is 42.5 Å². The van der Waals surface area contributed by atoms with E-state index in [0.717, 1.165) is 23.6 Å². The molecule has 1 atom stereocenters. The maximum absolute atomic E-state index is 12.7. The van der Waals surface area contributed by atoms with E-state index < -0.39 is 16.2 Å². The second-order valence-electron chi connectivity index (χ2n) is 4.80. The summed E-state index contributed by atoms with van der Waals surface area (Å²) >= 11 is 0. The van der Waals surface area contributed by atoms with Crippen molar-refractivity contribution in [2.24, 2.45) is 5.73 Å². The van der Waals surface area contributed by atoms with Gasteiger partial charge in [0.1, 0.15) is 0 Å². The van der Waals surface area contributed by atoms with Gasteiger partial charge in [0.2, 0.25) is 10.0 Å². The molecule has 0 saturated carbocycles. The molecular weight excluding hydrogens is 260 g/mol. The van der Waals surface area contributed by atoms with Gasteiger partial charge < -0.3 is 5.73 Å². The molecule has 2 aromatic rings. The maximum atomic E-state index is 12.7. The topological polar surface area (TPSA) is 63.4 Å². The molecule has 5 heteroatoms. The Morgan fingerprint density at radius 2 is 1.84 bits per heavy atom. The lowest BCUT2D eigenvalue weighted by molar-refractivity contribution is 0.396. The standard InChI is InChI=1S/C14H16N2O2S/c15-14-9-4-10-16(14)19(17,18)13-8-3-6-11-5-1-2-7-12(11)13/h1-3,5-8,14H,4,9-10,15H2. The summed E-state index contributed by atoms with van der Waals surface area (Å²) in [5, 5.41) is 1.68. The minimum atomic E-state index is -3.51. The Labute approximate surface area is 112 Å². The van der Waals surface area contributed by atoms with E-state index >= 15 is 0 Å². The number of sulfonamides is 1. The SMILES string of the molecule is NC1CCCN1S(=O)(=O)c1cccc2ccccc12. The van der Waals surface area contributed by atoms with E-state index in [4.69, 9.17) is 5.73 Å². The normalized spacial score (nSPS) is 21.0. The zero-order chi connectivity index (χ0) is 13.5. The summed E-state index contributed by atoms with van der Waals surface area (Å²) < 4.78 is 26.8. The molecule has 2 N–H and O–H groups in total. The number of nitrogens with zero attached hydrogens (tertiary/aromatic N) is 1. The minimum absolute atomic E-state index is 0.350. The van der Waals surface area contributed by atoms with Crippen LogP contribution in [0.25, 0.3) is 10.8 Å². The summed E-state index contributed by atoms with van der Waals surface area (Å²) in [6.45, 7) is 0.507. The molecule has 1 unspecified atom stereocenters. The van der Waals surface area contributed by atoms with Crippen LogP contribution in [0.1, 0.15) is 12.8 Å². The van der Waals surface area contributed by atoms with Crippen LogP contribution in [-0.4, -0.2) is 25.4 Å². The van der Waals surface area contributed by atoms with Gasteiger partial charge in [-0.3, -0.25) is 0 Å². The molecule has 1 heterocycles. The van der Waals surface area contributed by atoms with E-state index in [-0.39, 0.29) is 0 Å². The van der Waals surface area contributed by atoms with E-state index in [1.54, 1.807) is 12.1 Å². The first-order valence-corrected chi connectivity index (χ1v) is 7.80. The summed E-state index contributed by atoms with van der Waals surface area (Å²) in [5.74, 6) is 0. The predicted octanol–water partition coefficient (Wildman–Crippen LogP) is 1.91. The van der Waals surface area contributed by atoms with Crippen molar-refractivity contribution in [1.29, 1.82) is 0 Å². The Morgan fingerprint density at radius 1 is 1.11 bits per heavy atom. The predicted molar refractivity (Wildman–Crippen MR) is 75.0 cm³/mol. The molecule has 0 aliphatic carbocycles. The van der Waals surface area contributed by atoms with Crippen LogP contribution in [0, 0.1) is 0 Å². The number of rotatable bonds is 2. The minimum Gasteiger partial charge on any atom is -0.315 e. The smallest absolute Gasteiger partial charge is 0.245 e. The van der Waals surface area contributed by atoms with Crippen LogP contribution < -0.4 is 5.73 Å². The summed E-state index contributed by atoms with van der Waals surface area (Å²) in [7, 11) is -3.51. The van der Waals surface area contributed by atoms with Gasteiger partial charge in [0.15, 0.2) is 0 Å². The number of hydrogen-bond acceptors (Lipinski definition) is 3. The Kier molecular flexibility index (Phi) is 3.05. The number of fused-ring (bicyclic) bond motifs is 1. The third-order valence-electron chi connectivity index (χ3n) is 3.58. The van der Waals surface area contributed by atoms with Crippen LogP contribution in [0.5, 0.6) is 0 Å². The van der Waals surface area contributed by atoms with Crippen LogP contribution >= 0.6 is 0 Å². The largest absolute Gasteiger partial charge is 0.315 e. The Morgan fingerprint density at radius 3 is 2.58 bits per heavy atom. The Bertz CT molecular complexity index is 707. The van der Waals surface area contributed by atoms with E-state index in [1.165, 1.54) is 4.31 Å².